The average Bonchev–Trinajstić information content (AvgIpc) is 2.78. The van der Waals surface area contributed by atoms with Crippen molar-refractivity contribution in [2.24, 2.45) is 7.05 Å². The van der Waals surface area contributed by atoms with E-state index in [-0.39, 0.29) is 16.7 Å². The first kappa shape index (κ1) is 16.9. The minimum absolute atomic E-state index is 0.0334. The van der Waals surface area contributed by atoms with Crippen molar-refractivity contribution in [3.05, 3.63) is 47.1 Å². The maximum Gasteiger partial charge on any atom is 0.261 e. The number of aliphatic hydroxyl groups is 1. The van der Waals surface area contributed by atoms with E-state index < -0.39 is 21.4 Å². The number of hydrogen-bond acceptors (Lipinski definition) is 4. The molecule has 0 aliphatic carbocycles. The van der Waals surface area contributed by atoms with Gasteiger partial charge in [-0.2, -0.15) is 0 Å². The molecule has 1 atom stereocenters. The van der Waals surface area contributed by atoms with Crippen molar-refractivity contribution < 1.29 is 17.9 Å². The molecule has 0 amide bonds. The van der Waals surface area contributed by atoms with Crippen LogP contribution < -0.4 is 4.72 Å². The van der Waals surface area contributed by atoms with Crippen molar-refractivity contribution in [1.29, 1.82) is 0 Å². The van der Waals surface area contributed by atoms with Gasteiger partial charge >= 0.3 is 0 Å². The van der Waals surface area contributed by atoms with E-state index in [0.29, 0.717) is 5.56 Å². The quantitative estimate of drug-likeness (QED) is 0.856. The second kappa shape index (κ2) is 5.96. The molecular weight excluding hydrogens is 333 g/mol. The predicted octanol–water partition coefficient (Wildman–Crippen LogP) is 1.40. The second-order valence-corrected chi connectivity index (χ2v) is 7.10. The fraction of sp³-hybridized carbons (Fsp3) is 0.308. The highest BCUT2D eigenvalue weighted by atomic mass is 35.5. The Hall–Kier alpha value is -1.48. The van der Waals surface area contributed by atoms with E-state index in [4.69, 9.17) is 11.6 Å². The van der Waals surface area contributed by atoms with Crippen LogP contribution in [-0.4, -0.2) is 29.6 Å². The van der Waals surface area contributed by atoms with E-state index in [1.54, 1.807) is 7.05 Å². The van der Waals surface area contributed by atoms with Crippen LogP contribution in [0.15, 0.2) is 35.6 Å². The minimum Gasteiger partial charge on any atom is -0.384 e. The van der Waals surface area contributed by atoms with Crippen LogP contribution in [0.3, 0.4) is 0 Å². The highest BCUT2D eigenvalue weighted by Gasteiger charge is 2.28. The van der Waals surface area contributed by atoms with Crippen LogP contribution >= 0.6 is 11.6 Å². The lowest BCUT2D eigenvalue weighted by Crippen LogP contribution is -2.38. The second-order valence-electron chi connectivity index (χ2n) is 5.06. The summed E-state index contributed by atoms with van der Waals surface area (Å²) < 4.78 is 40.8. The normalized spacial score (nSPS) is 14.8. The lowest BCUT2D eigenvalue weighted by atomic mass is 9.96. The van der Waals surface area contributed by atoms with E-state index in [1.165, 1.54) is 42.1 Å². The van der Waals surface area contributed by atoms with Gasteiger partial charge in [-0.1, -0.05) is 23.7 Å². The van der Waals surface area contributed by atoms with Crippen molar-refractivity contribution in [2.45, 2.75) is 17.6 Å². The largest absolute Gasteiger partial charge is 0.384 e. The Morgan fingerprint density at radius 3 is 2.50 bits per heavy atom. The van der Waals surface area contributed by atoms with Crippen molar-refractivity contribution >= 4 is 21.6 Å². The zero-order valence-corrected chi connectivity index (χ0v) is 13.5. The number of nitrogens with one attached hydrogen (secondary N) is 1. The van der Waals surface area contributed by atoms with Gasteiger partial charge in [0.05, 0.1) is 6.33 Å². The van der Waals surface area contributed by atoms with Gasteiger partial charge in [0.15, 0.2) is 0 Å². The maximum atomic E-state index is 12.9. The van der Waals surface area contributed by atoms with Crippen LogP contribution in [0.2, 0.25) is 5.15 Å². The molecule has 6 nitrogen and oxygen atoms in total. The van der Waals surface area contributed by atoms with Gasteiger partial charge in [-0.15, -0.1) is 0 Å². The Labute approximate surface area is 132 Å². The van der Waals surface area contributed by atoms with Crippen LogP contribution in [0.4, 0.5) is 4.39 Å². The number of halogens is 2. The molecule has 0 saturated carbocycles. The summed E-state index contributed by atoms with van der Waals surface area (Å²) in [4.78, 5) is 3.72. The van der Waals surface area contributed by atoms with Gasteiger partial charge in [0.25, 0.3) is 10.0 Å². The fourth-order valence-electron chi connectivity index (χ4n) is 1.79. The maximum absolute atomic E-state index is 12.9. The molecule has 2 rings (SSSR count). The summed E-state index contributed by atoms with van der Waals surface area (Å²) >= 11 is 5.85. The average molecular weight is 348 g/mol. The summed E-state index contributed by atoms with van der Waals surface area (Å²) in [6.45, 7) is 1.11. The van der Waals surface area contributed by atoms with Gasteiger partial charge in [0, 0.05) is 13.6 Å². The van der Waals surface area contributed by atoms with Gasteiger partial charge in [-0.25, -0.2) is 22.5 Å². The molecule has 22 heavy (non-hydrogen) atoms. The van der Waals surface area contributed by atoms with Crippen molar-refractivity contribution in [3.63, 3.8) is 0 Å². The third kappa shape index (κ3) is 3.46. The first-order chi connectivity index (χ1) is 10.1. The van der Waals surface area contributed by atoms with E-state index in [0.717, 1.165) is 0 Å². The topological polar surface area (TPSA) is 84.2 Å². The zero-order valence-electron chi connectivity index (χ0n) is 11.9. The Morgan fingerprint density at radius 2 is 2.00 bits per heavy atom. The molecule has 0 fully saturated rings. The monoisotopic (exact) mass is 347 g/mol. The van der Waals surface area contributed by atoms with Gasteiger partial charge in [-0.05, 0) is 24.6 Å². The number of aromatic nitrogens is 2. The summed E-state index contributed by atoms with van der Waals surface area (Å²) in [5.41, 5.74) is -1.13. The molecule has 9 heteroatoms. The highest BCUT2D eigenvalue weighted by molar-refractivity contribution is 7.89. The Kier molecular flexibility index (Phi) is 4.57. The molecule has 1 heterocycles. The summed E-state index contributed by atoms with van der Waals surface area (Å²) in [5, 5.41) is 10.0. The van der Waals surface area contributed by atoms with Crippen LogP contribution in [0.5, 0.6) is 0 Å². The molecule has 0 spiro atoms. The summed E-state index contributed by atoms with van der Waals surface area (Å²) in [7, 11) is -2.41. The van der Waals surface area contributed by atoms with Crippen molar-refractivity contribution in [2.75, 3.05) is 6.54 Å². The van der Waals surface area contributed by atoms with Crippen molar-refractivity contribution in [1.82, 2.24) is 14.3 Å². The smallest absolute Gasteiger partial charge is 0.261 e. The summed E-state index contributed by atoms with van der Waals surface area (Å²) in [6, 6.07) is 5.15. The van der Waals surface area contributed by atoms with Gasteiger partial charge in [0.1, 0.15) is 16.6 Å². The number of rotatable bonds is 5. The first-order valence-corrected chi connectivity index (χ1v) is 8.14. The number of sulfonamides is 1. The molecule has 0 bridgehead atoms. The number of aryl methyl sites for hydroxylation is 1. The Morgan fingerprint density at radius 1 is 1.41 bits per heavy atom. The molecule has 0 saturated heterocycles. The molecule has 1 unspecified atom stereocenters. The zero-order chi connectivity index (χ0) is 16.5. The standard InChI is InChI=1S/C13H15ClFN3O3S/c1-13(19,9-3-5-10(15)6-4-9)7-17-22(20,21)12-11(14)18(2)8-16-12/h3-6,8,17,19H,7H2,1-2H3. The van der Waals surface area contributed by atoms with Crippen LogP contribution in [0.25, 0.3) is 0 Å². The Bertz CT molecular complexity index is 772. The molecule has 2 aromatic rings. The summed E-state index contributed by atoms with van der Waals surface area (Å²) in [5.74, 6) is -0.444. The predicted molar refractivity (Wildman–Crippen MR) is 79.4 cm³/mol. The third-order valence-electron chi connectivity index (χ3n) is 3.16. The Balaban J connectivity index is 2.17. The fourth-order valence-corrected chi connectivity index (χ4v) is 3.35. The summed E-state index contributed by atoms with van der Waals surface area (Å²) in [6.07, 6.45) is 1.27. The molecule has 1 aromatic carbocycles. The number of benzene rings is 1. The van der Waals surface area contributed by atoms with E-state index in [9.17, 15) is 17.9 Å². The molecule has 0 radical (unpaired) electrons. The molecule has 0 aliphatic rings. The number of hydrogen-bond donors (Lipinski definition) is 2. The molecule has 0 aliphatic heterocycles. The lowest BCUT2D eigenvalue weighted by Gasteiger charge is -2.24. The number of imidazole rings is 1. The van der Waals surface area contributed by atoms with Crippen LogP contribution in [0.1, 0.15) is 12.5 Å². The SMILES string of the molecule is Cn1cnc(S(=O)(=O)NCC(C)(O)c2ccc(F)cc2)c1Cl. The first-order valence-electron chi connectivity index (χ1n) is 6.28. The number of nitrogens with zero attached hydrogens (tertiary/aromatic N) is 2. The van der Waals surface area contributed by atoms with E-state index in [2.05, 4.69) is 9.71 Å². The van der Waals surface area contributed by atoms with E-state index >= 15 is 0 Å². The van der Waals surface area contributed by atoms with Crippen LogP contribution in [0, 0.1) is 5.82 Å². The third-order valence-corrected chi connectivity index (χ3v) is 5.05. The highest BCUT2D eigenvalue weighted by Crippen LogP contribution is 2.22. The molecular formula is C13H15ClFN3O3S. The van der Waals surface area contributed by atoms with Gasteiger partial charge in [-0.3, -0.25) is 0 Å². The van der Waals surface area contributed by atoms with Gasteiger partial charge in [0.2, 0.25) is 5.03 Å². The molecule has 120 valence electrons. The van der Waals surface area contributed by atoms with Gasteiger partial charge < -0.3 is 9.67 Å². The minimum atomic E-state index is -3.97. The lowest BCUT2D eigenvalue weighted by molar-refractivity contribution is 0.0627. The molecule has 1 aromatic heterocycles. The van der Waals surface area contributed by atoms with Crippen LogP contribution in [-0.2, 0) is 22.7 Å². The van der Waals surface area contributed by atoms with Crippen molar-refractivity contribution in [3.8, 4) is 0 Å². The van der Waals surface area contributed by atoms with E-state index in [1.807, 2.05) is 0 Å². The molecule has 2 N–H and O–H groups in total.